The second kappa shape index (κ2) is 10.4. The minimum atomic E-state index is -1.22. The van der Waals surface area contributed by atoms with Gasteiger partial charge in [0.05, 0.1) is 6.04 Å². The number of carbonyl (C=O) groups is 1. The van der Waals surface area contributed by atoms with Crippen molar-refractivity contribution in [3.63, 3.8) is 0 Å². The lowest BCUT2D eigenvalue weighted by Crippen LogP contribution is -2.53. The van der Waals surface area contributed by atoms with Crippen molar-refractivity contribution in [1.82, 2.24) is 9.80 Å². The summed E-state index contributed by atoms with van der Waals surface area (Å²) in [6.45, 7) is 1.30. The standard InChI is InChI=1S/C20H19Cl2N5O5/c21-15-5-1-13(2-6-15)18(14-3-7-16(22)8-4-14)25-9-11-26(12-10-25)20(28)17(23-29)19(24-30)27(31)32/h1-8,18,29-30H,9-12H2/b23-17+,24-19-. The van der Waals surface area contributed by atoms with Crippen molar-refractivity contribution < 1.29 is 20.1 Å². The molecule has 2 N–H and O–H groups in total. The van der Waals surface area contributed by atoms with Gasteiger partial charge in [-0.25, -0.2) is 0 Å². The quantitative estimate of drug-likeness (QED) is 0.222. The number of benzene rings is 2. The van der Waals surface area contributed by atoms with Crippen LogP contribution in [0.3, 0.4) is 0 Å². The smallest absolute Gasteiger partial charge is 0.410 e. The Hall–Kier alpha value is -3.21. The zero-order valence-electron chi connectivity index (χ0n) is 16.6. The number of carbonyl (C=O) groups excluding carboxylic acids is 1. The number of halogens is 2. The second-order valence-corrected chi connectivity index (χ2v) is 7.84. The number of rotatable bonds is 5. The Bertz CT molecular complexity index is 990. The molecule has 0 aliphatic carbocycles. The van der Waals surface area contributed by atoms with Gasteiger partial charge in [0, 0.05) is 36.2 Å². The lowest BCUT2D eigenvalue weighted by molar-refractivity contribution is -0.348. The number of piperazine rings is 1. The van der Waals surface area contributed by atoms with E-state index in [0.29, 0.717) is 23.1 Å². The summed E-state index contributed by atoms with van der Waals surface area (Å²) in [6, 6.07) is 14.8. The third kappa shape index (κ3) is 5.16. The maximum Gasteiger partial charge on any atom is 0.444 e. The molecule has 32 heavy (non-hydrogen) atoms. The highest BCUT2D eigenvalue weighted by Gasteiger charge is 2.36. The molecule has 1 amide bonds. The molecule has 0 atom stereocenters. The van der Waals surface area contributed by atoms with Crippen LogP contribution in [0.15, 0.2) is 58.8 Å². The predicted octanol–water partition coefficient (Wildman–Crippen LogP) is 3.12. The first-order valence-electron chi connectivity index (χ1n) is 9.48. The van der Waals surface area contributed by atoms with E-state index in [-0.39, 0.29) is 19.1 Å². The van der Waals surface area contributed by atoms with Crippen molar-refractivity contribution in [2.45, 2.75) is 6.04 Å². The maximum atomic E-state index is 12.6. The van der Waals surface area contributed by atoms with Crippen LogP contribution in [0.4, 0.5) is 0 Å². The van der Waals surface area contributed by atoms with E-state index in [9.17, 15) is 14.9 Å². The molecule has 0 spiro atoms. The zero-order chi connectivity index (χ0) is 23.3. The van der Waals surface area contributed by atoms with E-state index in [2.05, 4.69) is 15.2 Å². The number of nitrogens with zero attached hydrogens (tertiary/aromatic N) is 5. The molecule has 1 fully saturated rings. The van der Waals surface area contributed by atoms with Gasteiger partial charge < -0.3 is 25.4 Å². The molecule has 0 aromatic heterocycles. The molecule has 1 saturated heterocycles. The Morgan fingerprint density at radius 3 is 1.75 bits per heavy atom. The highest BCUT2D eigenvalue weighted by atomic mass is 35.5. The molecule has 2 aromatic carbocycles. The Kier molecular flexibility index (Phi) is 7.62. The molecule has 0 radical (unpaired) electrons. The van der Waals surface area contributed by atoms with E-state index >= 15 is 0 Å². The molecule has 0 bridgehead atoms. The van der Waals surface area contributed by atoms with Gasteiger partial charge in [-0.15, -0.1) is 0 Å². The molecule has 0 saturated carbocycles. The van der Waals surface area contributed by atoms with Crippen LogP contribution in [0.5, 0.6) is 0 Å². The van der Waals surface area contributed by atoms with Crippen LogP contribution in [0, 0.1) is 10.1 Å². The number of nitro groups is 1. The van der Waals surface area contributed by atoms with E-state index in [0.717, 1.165) is 11.1 Å². The molecule has 168 valence electrons. The molecule has 1 aliphatic rings. The number of hydrogen-bond acceptors (Lipinski definition) is 8. The first-order chi connectivity index (χ1) is 15.3. The van der Waals surface area contributed by atoms with Gasteiger partial charge in [0.15, 0.2) is 5.16 Å². The van der Waals surface area contributed by atoms with Crippen molar-refractivity contribution in [2.75, 3.05) is 26.2 Å². The Morgan fingerprint density at radius 1 is 0.906 bits per heavy atom. The predicted molar refractivity (Wildman–Crippen MR) is 118 cm³/mol. The summed E-state index contributed by atoms with van der Waals surface area (Å²) in [5.41, 5.74) is 1.06. The highest BCUT2D eigenvalue weighted by Crippen LogP contribution is 2.31. The largest absolute Gasteiger partial charge is 0.444 e. The summed E-state index contributed by atoms with van der Waals surface area (Å²) in [5.74, 6) is -2.12. The first kappa shape index (κ1) is 23.5. The van der Waals surface area contributed by atoms with E-state index in [1.807, 2.05) is 24.3 Å². The van der Waals surface area contributed by atoms with Gasteiger partial charge in [-0.2, -0.15) is 0 Å². The van der Waals surface area contributed by atoms with Crippen LogP contribution in [0.25, 0.3) is 0 Å². The average molecular weight is 480 g/mol. The molecular formula is C20H19Cl2N5O5. The van der Waals surface area contributed by atoms with E-state index < -0.39 is 22.4 Å². The molecule has 3 rings (SSSR count). The summed E-state index contributed by atoms with van der Waals surface area (Å²) in [4.78, 5) is 25.9. The Balaban J connectivity index is 1.81. The third-order valence-electron chi connectivity index (χ3n) is 5.12. The highest BCUT2D eigenvalue weighted by molar-refractivity contribution is 6.64. The van der Waals surface area contributed by atoms with Gasteiger partial charge in [0.2, 0.25) is 0 Å². The van der Waals surface area contributed by atoms with E-state index in [1.165, 1.54) is 4.90 Å². The van der Waals surface area contributed by atoms with E-state index in [4.69, 9.17) is 33.6 Å². The maximum absolute atomic E-state index is 12.6. The molecule has 1 heterocycles. The van der Waals surface area contributed by atoms with Gasteiger partial charge >= 0.3 is 5.84 Å². The van der Waals surface area contributed by atoms with Gasteiger partial charge in [-0.05, 0) is 40.3 Å². The minimum absolute atomic E-state index is 0.138. The fourth-order valence-electron chi connectivity index (χ4n) is 3.59. The van der Waals surface area contributed by atoms with Crippen LogP contribution in [-0.2, 0) is 4.79 Å². The number of amidine groups is 1. The summed E-state index contributed by atoms with van der Waals surface area (Å²) < 4.78 is 0. The minimum Gasteiger partial charge on any atom is -0.410 e. The van der Waals surface area contributed by atoms with Gasteiger partial charge in [-0.3, -0.25) is 9.69 Å². The van der Waals surface area contributed by atoms with Crippen LogP contribution >= 0.6 is 23.2 Å². The normalized spacial score (nSPS) is 15.8. The molecule has 12 heteroatoms. The fraction of sp³-hybridized carbons (Fsp3) is 0.250. The number of oxime groups is 2. The number of amides is 1. The van der Waals surface area contributed by atoms with Crippen molar-refractivity contribution >= 4 is 40.7 Å². The summed E-state index contributed by atoms with van der Waals surface area (Å²) in [5, 5.41) is 35.2. The molecule has 0 unspecified atom stereocenters. The van der Waals surface area contributed by atoms with Crippen molar-refractivity contribution in [3.8, 4) is 0 Å². The monoisotopic (exact) mass is 479 g/mol. The van der Waals surface area contributed by atoms with Gasteiger partial charge in [0.1, 0.15) is 0 Å². The summed E-state index contributed by atoms with van der Waals surface area (Å²) in [6.07, 6.45) is 0. The summed E-state index contributed by atoms with van der Waals surface area (Å²) >= 11 is 12.1. The third-order valence-corrected chi connectivity index (χ3v) is 5.62. The van der Waals surface area contributed by atoms with Gasteiger partial charge in [0.25, 0.3) is 11.6 Å². The first-order valence-corrected chi connectivity index (χ1v) is 10.2. The SMILES string of the molecule is O=C(C(=N/O)/C(=N/O)[N+](=O)[O-])N1CCN(C(c2ccc(Cl)cc2)c2ccc(Cl)cc2)CC1. The van der Waals surface area contributed by atoms with Crippen LogP contribution in [0.2, 0.25) is 10.0 Å². The van der Waals surface area contributed by atoms with Crippen LogP contribution in [0.1, 0.15) is 17.2 Å². The number of hydrogen-bond donors (Lipinski definition) is 2. The van der Waals surface area contributed by atoms with Crippen molar-refractivity contribution in [2.24, 2.45) is 10.3 Å². The summed E-state index contributed by atoms with van der Waals surface area (Å²) in [7, 11) is 0. The molecule has 1 aliphatic heterocycles. The Morgan fingerprint density at radius 2 is 1.38 bits per heavy atom. The van der Waals surface area contributed by atoms with Crippen LogP contribution in [-0.4, -0.2) is 68.8 Å². The van der Waals surface area contributed by atoms with Crippen LogP contribution < -0.4 is 0 Å². The molecular weight excluding hydrogens is 461 g/mol. The average Bonchev–Trinajstić information content (AvgIpc) is 2.80. The zero-order valence-corrected chi connectivity index (χ0v) is 18.1. The lowest BCUT2D eigenvalue weighted by atomic mass is 9.96. The fourth-order valence-corrected chi connectivity index (χ4v) is 3.84. The van der Waals surface area contributed by atoms with Crippen molar-refractivity contribution in [1.29, 1.82) is 0 Å². The van der Waals surface area contributed by atoms with Gasteiger partial charge in [-0.1, -0.05) is 52.6 Å². The van der Waals surface area contributed by atoms with E-state index in [1.54, 1.807) is 24.3 Å². The second-order valence-electron chi connectivity index (χ2n) is 6.96. The molecule has 2 aromatic rings. The molecule has 10 nitrogen and oxygen atoms in total. The van der Waals surface area contributed by atoms with Crippen molar-refractivity contribution in [3.05, 3.63) is 79.8 Å². The Labute approximate surface area is 193 Å². The topological polar surface area (TPSA) is 132 Å². The lowest BCUT2D eigenvalue weighted by Gasteiger charge is -2.39.